The summed E-state index contributed by atoms with van der Waals surface area (Å²) in [6.45, 7) is 6.58. The normalized spacial score (nSPS) is 12.9. The van der Waals surface area contributed by atoms with E-state index >= 15 is 0 Å². The second kappa shape index (κ2) is 5.72. The minimum Gasteiger partial charge on any atom is -0.364 e. The van der Waals surface area contributed by atoms with E-state index in [4.69, 9.17) is 4.74 Å². The highest BCUT2D eigenvalue weighted by molar-refractivity contribution is 6.07. The van der Waals surface area contributed by atoms with Crippen LogP contribution in [0, 0.1) is 0 Å². The van der Waals surface area contributed by atoms with E-state index in [1.807, 2.05) is 12.1 Å². The van der Waals surface area contributed by atoms with Gasteiger partial charge in [0.25, 0.3) is 0 Å². The lowest BCUT2D eigenvalue weighted by molar-refractivity contribution is -0.0736. The number of hydrogen-bond donors (Lipinski definition) is 1. The predicted octanol–water partition coefficient (Wildman–Crippen LogP) is 3.71. The number of aliphatic hydroxyl groups is 1. The maximum atomic E-state index is 9.65. The summed E-state index contributed by atoms with van der Waals surface area (Å²) in [5.41, 5.74) is 3.00. The SMILES string of the molecule is C=C(C)C(O)OCCn1c2ccccc2c2ccccc21. The van der Waals surface area contributed by atoms with E-state index in [9.17, 15) is 5.11 Å². The largest absolute Gasteiger partial charge is 0.364 e. The minimum absolute atomic E-state index is 0.441. The summed E-state index contributed by atoms with van der Waals surface area (Å²) < 4.78 is 7.64. The van der Waals surface area contributed by atoms with Crippen LogP contribution in [0.2, 0.25) is 0 Å². The summed E-state index contributed by atoms with van der Waals surface area (Å²) in [6, 6.07) is 16.7. The van der Waals surface area contributed by atoms with Gasteiger partial charge < -0.3 is 14.4 Å². The molecule has 0 amide bonds. The van der Waals surface area contributed by atoms with E-state index in [0.717, 1.165) is 0 Å². The molecule has 1 aromatic heterocycles. The average Bonchev–Trinajstić information content (AvgIpc) is 2.82. The topological polar surface area (TPSA) is 34.4 Å². The molecule has 1 unspecified atom stereocenters. The minimum atomic E-state index is -0.891. The van der Waals surface area contributed by atoms with Crippen LogP contribution in [0.4, 0.5) is 0 Å². The van der Waals surface area contributed by atoms with Gasteiger partial charge in [0, 0.05) is 28.4 Å². The molecule has 0 aliphatic carbocycles. The number of aromatic nitrogens is 1. The number of benzene rings is 2. The smallest absolute Gasteiger partial charge is 0.176 e. The Kier molecular flexibility index (Phi) is 3.78. The molecule has 1 N–H and O–H groups in total. The van der Waals surface area contributed by atoms with E-state index < -0.39 is 6.29 Å². The molecule has 0 aliphatic heterocycles. The van der Waals surface area contributed by atoms with Gasteiger partial charge in [-0.15, -0.1) is 0 Å². The Balaban J connectivity index is 1.94. The molecule has 3 nitrogen and oxygen atoms in total. The zero-order valence-electron chi connectivity index (χ0n) is 12.1. The van der Waals surface area contributed by atoms with Crippen LogP contribution in [-0.4, -0.2) is 22.6 Å². The van der Waals surface area contributed by atoms with Crippen molar-refractivity contribution >= 4 is 21.8 Å². The second-order valence-corrected chi connectivity index (χ2v) is 5.26. The maximum Gasteiger partial charge on any atom is 0.176 e. The summed E-state index contributed by atoms with van der Waals surface area (Å²) in [4.78, 5) is 0. The van der Waals surface area contributed by atoms with Crippen molar-refractivity contribution in [3.8, 4) is 0 Å². The number of fused-ring (bicyclic) bond motifs is 3. The van der Waals surface area contributed by atoms with Crippen molar-refractivity contribution in [2.45, 2.75) is 19.8 Å². The predicted molar refractivity (Wildman–Crippen MR) is 86.2 cm³/mol. The molecule has 0 bridgehead atoms. The van der Waals surface area contributed by atoms with E-state index in [2.05, 4.69) is 47.5 Å². The second-order valence-electron chi connectivity index (χ2n) is 5.26. The third-order valence-electron chi connectivity index (χ3n) is 3.69. The van der Waals surface area contributed by atoms with Crippen LogP contribution >= 0.6 is 0 Å². The average molecular weight is 281 g/mol. The van der Waals surface area contributed by atoms with Gasteiger partial charge in [0.15, 0.2) is 6.29 Å². The van der Waals surface area contributed by atoms with Crippen molar-refractivity contribution in [1.82, 2.24) is 4.57 Å². The summed E-state index contributed by atoms with van der Waals surface area (Å²) >= 11 is 0. The zero-order valence-corrected chi connectivity index (χ0v) is 12.1. The van der Waals surface area contributed by atoms with Crippen molar-refractivity contribution < 1.29 is 9.84 Å². The molecule has 0 radical (unpaired) electrons. The third kappa shape index (κ3) is 2.58. The van der Waals surface area contributed by atoms with Crippen molar-refractivity contribution in [3.63, 3.8) is 0 Å². The Hall–Kier alpha value is -2.10. The number of ether oxygens (including phenoxy) is 1. The molecule has 0 saturated carbocycles. The van der Waals surface area contributed by atoms with Crippen molar-refractivity contribution in [1.29, 1.82) is 0 Å². The molecular weight excluding hydrogens is 262 g/mol. The van der Waals surface area contributed by atoms with Gasteiger partial charge >= 0.3 is 0 Å². The van der Waals surface area contributed by atoms with Crippen LogP contribution in [0.1, 0.15) is 6.92 Å². The fourth-order valence-electron chi connectivity index (χ4n) is 2.64. The summed E-state index contributed by atoms with van der Waals surface area (Å²) in [5, 5.41) is 12.1. The van der Waals surface area contributed by atoms with Crippen LogP contribution in [-0.2, 0) is 11.3 Å². The summed E-state index contributed by atoms with van der Waals surface area (Å²) in [5.74, 6) is 0. The summed E-state index contributed by atoms with van der Waals surface area (Å²) in [7, 11) is 0. The van der Waals surface area contributed by atoms with Gasteiger partial charge in [0.2, 0.25) is 0 Å². The van der Waals surface area contributed by atoms with E-state index in [1.165, 1.54) is 21.8 Å². The lowest BCUT2D eigenvalue weighted by Gasteiger charge is -2.13. The molecule has 2 aromatic carbocycles. The highest BCUT2D eigenvalue weighted by Gasteiger charge is 2.10. The van der Waals surface area contributed by atoms with E-state index in [-0.39, 0.29) is 0 Å². The Morgan fingerprint density at radius 2 is 1.62 bits per heavy atom. The van der Waals surface area contributed by atoms with E-state index in [1.54, 1.807) is 6.92 Å². The molecule has 3 heteroatoms. The van der Waals surface area contributed by atoms with Crippen LogP contribution < -0.4 is 0 Å². The number of rotatable bonds is 5. The molecule has 1 atom stereocenters. The quantitative estimate of drug-likeness (QED) is 0.571. The highest BCUT2D eigenvalue weighted by atomic mass is 16.6. The third-order valence-corrected chi connectivity index (χ3v) is 3.69. The molecule has 3 aromatic rings. The monoisotopic (exact) mass is 281 g/mol. The van der Waals surface area contributed by atoms with Crippen LogP contribution in [0.15, 0.2) is 60.7 Å². The molecule has 108 valence electrons. The fourth-order valence-corrected chi connectivity index (χ4v) is 2.64. The van der Waals surface area contributed by atoms with Gasteiger partial charge in [-0.2, -0.15) is 0 Å². The van der Waals surface area contributed by atoms with Gasteiger partial charge in [-0.05, 0) is 24.6 Å². The number of para-hydroxylation sites is 2. The van der Waals surface area contributed by atoms with Gasteiger partial charge in [0.05, 0.1) is 6.61 Å². The fraction of sp³-hybridized carbons (Fsp3) is 0.222. The first-order chi connectivity index (χ1) is 10.2. The lowest BCUT2D eigenvalue weighted by atomic mass is 10.2. The Morgan fingerprint density at radius 1 is 1.10 bits per heavy atom. The molecule has 0 fully saturated rings. The van der Waals surface area contributed by atoms with E-state index in [0.29, 0.717) is 18.7 Å². The van der Waals surface area contributed by atoms with Gasteiger partial charge in [-0.3, -0.25) is 0 Å². The van der Waals surface area contributed by atoms with Crippen molar-refractivity contribution in [2.75, 3.05) is 6.61 Å². The Bertz CT molecular complexity index is 735. The number of aliphatic hydroxyl groups excluding tert-OH is 1. The van der Waals surface area contributed by atoms with Crippen LogP contribution in [0.5, 0.6) is 0 Å². The Morgan fingerprint density at radius 3 is 2.14 bits per heavy atom. The molecule has 3 rings (SSSR count). The van der Waals surface area contributed by atoms with Gasteiger partial charge in [-0.1, -0.05) is 43.0 Å². The molecule has 0 saturated heterocycles. The number of hydrogen-bond acceptors (Lipinski definition) is 2. The standard InChI is InChI=1S/C18H19NO2/c1-13(2)18(20)21-12-11-19-16-9-5-3-7-14(16)15-8-4-6-10-17(15)19/h3-10,18,20H,1,11-12H2,2H3. The Labute approximate surface area is 124 Å². The summed E-state index contributed by atoms with van der Waals surface area (Å²) in [6.07, 6.45) is -0.891. The first-order valence-electron chi connectivity index (χ1n) is 7.09. The van der Waals surface area contributed by atoms with Crippen molar-refractivity contribution in [2.24, 2.45) is 0 Å². The first kappa shape index (κ1) is 13.9. The highest BCUT2D eigenvalue weighted by Crippen LogP contribution is 2.28. The number of nitrogens with zero attached hydrogens (tertiary/aromatic N) is 1. The van der Waals surface area contributed by atoms with Gasteiger partial charge in [-0.25, -0.2) is 0 Å². The van der Waals surface area contributed by atoms with Crippen LogP contribution in [0.3, 0.4) is 0 Å². The first-order valence-corrected chi connectivity index (χ1v) is 7.09. The molecule has 0 aliphatic rings. The molecule has 21 heavy (non-hydrogen) atoms. The lowest BCUT2D eigenvalue weighted by Crippen LogP contribution is -2.16. The van der Waals surface area contributed by atoms with Crippen LogP contribution in [0.25, 0.3) is 21.8 Å². The van der Waals surface area contributed by atoms with Gasteiger partial charge in [0.1, 0.15) is 0 Å². The molecular formula is C18H19NO2. The molecule has 1 heterocycles. The zero-order chi connectivity index (χ0) is 14.8. The van der Waals surface area contributed by atoms with Crippen molar-refractivity contribution in [3.05, 3.63) is 60.7 Å². The maximum absolute atomic E-state index is 9.65. The molecule has 0 spiro atoms.